The standard InChI is InChI=1S/C9H16N2O2/c1-3-8(12)11-9-6(10)5-7(9)13-4-2/h3,6-7,9H,1,4-5,10H2,2H3,(H,11,12). The van der Waals surface area contributed by atoms with Crippen molar-refractivity contribution in [3.05, 3.63) is 12.7 Å². The summed E-state index contributed by atoms with van der Waals surface area (Å²) < 4.78 is 5.38. The molecule has 0 saturated heterocycles. The molecule has 0 aromatic heterocycles. The summed E-state index contributed by atoms with van der Waals surface area (Å²) in [6, 6.07) is -0.0362. The summed E-state index contributed by atoms with van der Waals surface area (Å²) in [5, 5.41) is 2.74. The van der Waals surface area contributed by atoms with Crippen LogP contribution < -0.4 is 11.1 Å². The third kappa shape index (κ3) is 2.29. The Kier molecular flexibility index (Phi) is 3.45. The van der Waals surface area contributed by atoms with Crippen LogP contribution in [0.15, 0.2) is 12.7 Å². The van der Waals surface area contributed by atoms with E-state index in [0.29, 0.717) is 6.61 Å². The molecule has 3 atom stereocenters. The Morgan fingerprint density at radius 2 is 2.54 bits per heavy atom. The molecule has 1 saturated carbocycles. The van der Waals surface area contributed by atoms with Gasteiger partial charge < -0.3 is 15.8 Å². The number of hydrogen-bond acceptors (Lipinski definition) is 3. The fourth-order valence-corrected chi connectivity index (χ4v) is 1.45. The van der Waals surface area contributed by atoms with Crippen LogP contribution in [0, 0.1) is 0 Å². The molecule has 0 bridgehead atoms. The molecule has 1 rings (SSSR count). The van der Waals surface area contributed by atoms with Crippen molar-refractivity contribution in [3.63, 3.8) is 0 Å². The minimum Gasteiger partial charge on any atom is -0.376 e. The van der Waals surface area contributed by atoms with Crippen molar-refractivity contribution in [1.29, 1.82) is 0 Å². The number of rotatable bonds is 4. The van der Waals surface area contributed by atoms with Gasteiger partial charge in [-0.3, -0.25) is 4.79 Å². The Hall–Kier alpha value is -0.870. The highest BCUT2D eigenvalue weighted by atomic mass is 16.5. The second kappa shape index (κ2) is 4.39. The molecule has 3 N–H and O–H groups in total. The molecule has 0 heterocycles. The third-order valence-corrected chi connectivity index (χ3v) is 2.24. The molecule has 1 amide bonds. The quantitative estimate of drug-likeness (QED) is 0.594. The Morgan fingerprint density at radius 3 is 3.00 bits per heavy atom. The van der Waals surface area contributed by atoms with E-state index in [1.165, 1.54) is 6.08 Å². The normalized spacial score (nSPS) is 32.0. The van der Waals surface area contributed by atoms with E-state index in [0.717, 1.165) is 6.42 Å². The van der Waals surface area contributed by atoms with Crippen LogP contribution in [0.3, 0.4) is 0 Å². The lowest BCUT2D eigenvalue weighted by Crippen LogP contribution is -2.64. The molecule has 1 fully saturated rings. The fourth-order valence-electron chi connectivity index (χ4n) is 1.45. The van der Waals surface area contributed by atoms with Crippen molar-refractivity contribution < 1.29 is 9.53 Å². The predicted molar refractivity (Wildman–Crippen MR) is 50.1 cm³/mol. The summed E-state index contributed by atoms with van der Waals surface area (Å²) in [5.41, 5.74) is 5.72. The van der Waals surface area contributed by atoms with Crippen LogP contribution in [0.1, 0.15) is 13.3 Å². The van der Waals surface area contributed by atoms with E-state index in [1.54, 1.807) is 0 Å². The summed E-state index contributed by atoms with van der Waals surface area (Å²) >= 11 is 0. The largest absolute Gasteiger partial charge is 0.376 e. The maximum absolute atomic E-state index is 11.0. The number of nitrogens with one attached hydrogen (secondary N) is 1. The molecule has 1 aliphatic carbocycles. The maximum Gasteiger partial charge on any atom is 0.243 e. The minimum absolute atomic E-state index is 0.0143. The zero-order chi connectivity index (χ0) is 9.84. The van der Waals surface area contributed by atoms with Gasteiger partial charge in [0.2, 0.25) is 5.91 Å². The fraction of sp³-hybridized carbons (Fsp3) is 0.667. The van der Waals surface area contributed by atoms with Gasteiger partial charge in [-0.15, -0.1) is 0 Å². The molecular formula is C9H16N2O2. The molecule has 4 heteroatoms. The van der Waals surface area contributed by atoms with Crippen molar-refractivity contribution in [3.8, 4) is 0 Å². The lowest BCUT2D eigenvalue weighted by atomic mass is 9.83. The summed E-state index contributed by atoms with van der Waals surface area (Å²) in [4.78, 5) is 11.0. The summed E-state index contributed by atoms with van der Waals surface area (Å²) in [6.45, 7) is 5.95. The van der Waals surface area contributed by atoms with Gasteiger partial charge in [0.1, 0.15) is 0 Å². The van der Waals surface area contributed by atoms with Crippen LogP contribution in [0.4, 0.5) is 0 Å². The number of carbonyl (C=O) groups excluding carboxylic acids is 1. The number of ether oxygens (including phenoxy) is 1. The van der Waals surface area contributed by atoms with Gasteiger partial charge in [-0.1, -0.05) is 6.58 Å². The molecular weight excluding hydrogens is 168 g/mol. The highest BCUT2D eigenvalue weighted by Gasteiger charge is 2.39. The number of hydrogen-bond donors (Lipinski definition) is 2. The van der Waals surface area contributed by atoms with Gasteiger partial charge in [0.25, 0.3) is 0 Å². The second-order valence-corrected chi connectivity index (χ2v) is 3.13. The van der Waals surface area contributed by atoms with E-state index in [-0.39, 0.29) is 24.1 Å². The van der Waals surface area contributed by atoms with Crippen LogP contribution in [0.5, 0.6) is 0 Å². The van der Waals surface area contributed by atoms with Gasteiger partial charge in [-0.25, -0.2) is 0 Å². The predicted octanol–water partition coefficient (Wildman–Crippen LogP) is -0.207. The van der Waals surface area contributed by atoms with Crippen molar-refractivity contribution in [2.45, 2.75) is 31.5 Å². The van der Waals surface area contributed by atoms with Crippen LogP contribution in [0.25, 0.3) is 0 Å². The highest BCUT2D eigenvalue weighted by molar-refractivity contribution is 5.87. The molecule has 4 nitrogen and oxygen atoms in total. The van der Waals surface area contributed by atoms with Gasteiger partial charge >= 0.3 is 0 Å². The molecule has 74 valence electrons. The molecule has 0 radical (unpaired) electrons. The second-order valence-electron chi connectivity index (χ2n) is 3.13. The van der Waals surface area contributed by atoms with Crippen LogP contribution in [-0.2, 0) is 9.53 Å². The van der Waals surface area contributed by atoms with Gasteiger partial charge in [0, 0.05) is 12.6 Å². The first kappa shape index (κ1) is 10.2. The number of nitrogens with two attached hydrogens (primary N) is 1. The molecule has 0 aliphatic heterocycles. The average molecular weight is 184 g/mol. The molecule has 1 aliphatic rings. The lowest BCUT2D eigenvalue weighted by Gasteiger charge is -2.42. The first-order valence-electron chi connectivity index (χ1n) is 4.49. The first-order chi connectivity index (χ1) is 6.19. The van der Waals surface area contributed by atoms with Gasteiger partial charge in [0.15, 0.2) is 0 Å². The van der Waals surface area contributed by atoms with Crippen molar-refractivity contribution in [2.24, 2.45) is 5.73 Å². The smallest absolute Gasteiger partial charge is 0.243 e. The molecule has 0 aromatic rings. The monoisotopic (exact) mass is 184 g/mol. The summed E-state index contributed by atoms with van der Waals surface area (Å²) in [5.74, 6) is -0.190. The average Bonchev–Trinajstić information content (AvgIpc) is 2.13. The van der Waals surface area contributed by atoms with E-state index in [2.05, 4.69) is 11.9 Å². The van der Waals surface area contributed by atoms with Crippen LogP contribution in [0.2, 0.25) is 0 Å². The van der Waals surface area contributed by atoms with Gasteiger partial charge in [-0.05, 0) is 19.4 Å². The van der Waals surface area contributed by atoms with Crippen molar-refractivity contribution in [1.82, 2.24) is 5.32 Å². The van der Waals surface area contributed by atoms with E-state index in [9.17, 15) is 4.79 Å². The Labute approximate surface area is 78.1 Å². The minimum atomic E-state index is -0.190. The van der Waals surface area contributed by atoms with E-state index in [1.807, 2.05) is 6.92 Å². The topological polar surface area (TPSA) is 64.4 Å². The van der Waals surface area contributed by atoms with Crippen LogP contribution in [-0.4, -0.2) is 30.7 Å². The van der Waals surface area contributed by atoms with Gasteiger partial charge in [0.05, 0.1) is 12.1 Å². The highest BCUT2D eigenvalue weighted by Crippen LogP contribution is 2.22. The van der Waals surface area contributed by atoms with E-state index >= 15 is 0 Å². The molecule has 0 spiro atoms. The molecule has 3 unspecified atom stereocenters. The van der Waals surface area contributed by atoms with Crippen molar-refractivity contribution >= 4 is 5.91 Å². The number of amides is 1. The van der Waals surface area contributed by atoms with E-state index in [4.69, 9.17) is 10.5 Å². The summed E-state index contributed by atoms with van der Waals surface area (Å²) in [7, 11) is 0. The third-order valence-electron chi connectivity index (χ3n) is 2.24. The van der Waals surface area contributed by atoms with Gasteiger partial charge in [-0.2, -0.15) is 0 Å². The zero-order valence-electron chi connectivity index (χ0n) is 7.82. The Bertz CT molecular complexity index is 204. The maximum atomic E-state index is 11.0. The SMILES string of the molecule is C=CC(=O)NC1C(N)CC1OCC. The Balaban J connectivity index is 2.37. The van der Waals surface area contributed by atoms with E-state index < -0.39 is 0 Å². The number of carbonyl (C=O) groups is 1. The lowest BCUT2D eigenvalue weighted by molar-refractivity contribution is -0.121. The molecule has 13 heavy (non-hydrogen) atoms. The first-order valence-corrected chi connectivity index (χ1v) is 4.49. The zero-order valence-corrected chi connectivity index (χ0v) is 7.82. The molecule has 0 aromatic carbocycles. The van der Waals surface area contributed by atoms with Crippen LogP contribution >= 0.6 is 0 Å². The summed E-state index contributed by atoms with van der Waals surface area (Å²) in [6.07, 6.45) is 2.13. The van der Waals surface area contributed by atoms with Crippen molar-refractivity contribution in [2.75, 3.05) is 6.61 Å². The Morgan fingerprint density at radius 1 is 1.85 bits per heavy atom.